The Kier molecular flexibility index (Phi) is 15.8. The van der Waals surface area contributed by atoms with Crippen molar-refractivity contribution in [2.45, 2.75) is 0 Å². The highest BCUT2D eigenvalue weighted by molar-refractivity contribution is 6.39. The second-order valence-corrected chi connectivity index (χ2v) is 26.0. The molecule has 0 aliphatic carbocycles. The van der Waals surface area contributed by atoms with E-state index in [0.717, 1.165) is 94.0 Å². The van der Waals surface area contributed by atoms with Gasteiger partial charge in [0, 0.05) is 90.2 Å². The number of nitrogens with zero attached hydrogens (tertiary/aromatic N) is 6. The van der Waals surface area contributed by atoms with Gasteiger partial charge in [0.25, 0.3) is 35.4 Å². The Bertz CT molecular complexity index is 6130. The molecule has 6 heterocycles. The van der Waals surface area contributed by atoms with E-state index in [1.165, 1.54) is 20.1 Å². The first kappa shape index (κ1) is 63.5. The Morgan fingerprint density at radius 3 is 1.01 bits per heavy atom. The maximum atomic E-state index is 13.6. The zero-order valence-corrected chi connectivity index (χ0v) is 56.6. The summed E-state index contributed by atoms with van der Waals surface area (Å²) in [5.41, 5.74) is 18.5. The summed E-state index contributed by atoms with van der Waals surface area (Å²) >= 11 is 0. The van der Waals surface area contributed by atoms with Gasteiger partial charge in [0.1, 0.15) is 0 Å². The third-order valence-electron chi connectivity index (χ3n) is 20.1. The maximum absolute atomic E-state index is 13.6. The van der Waals surface area contributed by atoms with E-state index in [4.69, 9.17) is 0 Å². The van der Waals surface area contributed by atoms with Gasteiger partial charge in [-0.25, -0.2) is 14.7 Å². The quantitative estimate of drug-likeness (QED) is 0.130. The minimum absolute atomic E-state index is 0.298. The molecule has 0 saturated carbocycles. The van der Waals surface area contributed by atoms with Gasteiger partial charge in [0.2, 0.25) is 0 Å². The molecule has 6 amide bonds. The SMILES string of the molecule is O=C1c2cccc3c(-c4ccc(-c5ccccn5)cc4)ccc(c23)C(=O)N1c1ccccc1.O=C1c2cccc3c(-c4ccc(-c5cccnc5)cc4)ccc(c23)C(=O)N1c1ccccc1.O=C1c2cccc3c(-c4ccc5c(c4)c4ccccc4n5-c4ccccc4)ccc(c23)C(=O)N1c1ccccc1. The highest BCUT2D eigenvalue weighted by Gasteiger charge is 2.38. The number of hydrogen-bond acceptors (Lipinski definition) is 8. The normalized spacial score (nSPS) is 13.0. The predicted molar refractivity (Wildman–Crippen MR) is 422 cm³/mol. The molecular weight excluding hydrogens is 1310 g/mol. The largest absolute Gasteiger partial charge is 0.309 e. The molecule has 0 atom stereocenters. The highest BCUT2D eigenvalue weighted by Crippen LogP contribution is 2.44. The number of rotatable bonds is 9. The number of aromatic nitrogens is 3. The van der Waals surface area contributed by atoms with Crippen molar-refractivity contribution in [2.24, 2.45) is 0 Å². The average Bonchev–Trinajstić information content (AvgIpc) is 1.09. The number of carbonyl (C=O) groups excluding carboxylic acids is 6. The number of anilines is 3. The van der Waals surface area contributed by atoms with E-state index < -0.39 is 0 Å². The van der Waals surface area contributed by atoms with Gasteiger partial charge in [-0.3, -0.25) is 38.7 Å². The average molecular weight is 1370 g/mol. The summed E-state index contributed by atoms with van der Waals surface area (Å²) < 4.78 is 2.29. The lowest BCUT2D eigenvalue weighted by Crippen LogP contribution is -2.40. The molecule has 3 aliphatic rings. The van der Waals surface area contributed by atoms with E-state index in [1.54, 1.807) is 60.9 Å². The Hall–Kier alpha value is -14.6. The number of benzene rings is 14. The summed E-state index contributed by atoms with van der Waals surface area (Å²) in [6.45, 7) is 0. The fraction of sp³-hybridized carbons (Fsp3) is 0. The smallest absolute Gasteiger partial charge is 0.265 e. The molecule has 0 spiro atoms. The fourth-order valence-corrected chi connectivity index (χ4v) is 15.2. The van der Waals surface area contributed by atoms with E-state index in [2.05, 4.69) is 118 Å². The van der Waals surface area contributed by atoms with Gasteiger partial charge < -0.3 is 4.57 Å². The summed E-state index contributed by atoms with van der Waals surface area (Å²) in [7, 11) is 0. The topological polar surface area (TPSA) is 143 Å². The first-order chi connectivity index (χ1) is 52.1. The van der Waals surface area contributed by atoms with E-state index in [-0.39, 0.29) is 35.4 Å². The predicted octanol–water partition coefficient (Wildman–Crippen LogP) is 21.1. The lowest BCUT2D eigenvalue weighted by atomic mass is 9.88. The van der Waals surface area contributed by atoms with Crippen molar-refractivity contribution in [3.05, 3.63) is 386 Å². The van der Waals surface area contributed by atoms with E-state index in [1.807, 2.05) is 188 Å². The van der Waals surface area contributed by atoms with Crippen molar-refractivity contribution >= 4 is 107 Å². The molecule has 0 bridgehead atoms. The number of hydrogen-bond donors (Lipinski definition) is 0. The van der Waals surface area contributed by atoms with E-state index in [9.17, 15) is 28.8 Å². The monoisotopic (exact) mass is 1370 g/mol. The van der Waals surface area contributed by atoms with Crippen molar-refractivity contribution in [2.75, 3.05) is 14.7 Å². The molecule has 3 aliphatic heterocycles. The molecule has 0 unspecified atom stereocenters. The van der Waals surface area contributed by atoms with Crippen LogP contribution in [0.4, 0.5) is 17.1 Å². The number of imide groups is 3. The molecule has 0 radical (unpaired) electrons. The fourth-order valence-electron chi connectivity index (χ4n) is 15.2. The van der Waals surface area contributed by atoms with E-state index >= 15 is 0 Å². The van der Waals surface area contributed by atoms with Crippen LogP contribution in [-0.4, -0.2) is 50.0 Å². The molecule has 17 aromatic rings. The molecule has 20 rings (SSSR count). The molecule has 14 aromatic carbocycles. The van der Waals surface area contributed by atoms with Crippen LogP contribution < -0.4 is 14.7 Å². The zero-order valence-electron chi connectivity index (χ0n) is 56.6. The molecule has 12 nitrogen and oxygen atoms in total. The molecular formula is C94H58N6O6. The summed E-state index contributed by atoms with van der Waals surface area (Å²) in [5.74, 6) is -1.79. The first-order valence-electron chi connectivity index (χ1n) is 34.8. The van der Waals surface area contributed by atoms with Crippen LogP contribution in [0.25, 0.3) is 116 Å². The second kappa shape index (κ2) is 26.4. The minimum atomic E-state index is -0.299. The molecule has 0 N–H and O–H groups in total. The van der Waals surface area contributed by atoms with Gasteiger partial charge in [-0.15, -0.1) is 0 Å². The number of carbonyl (C=O) groups is 6. The van der Waals surface area contributed by atoms with Crippen molar-refractivity contribution < 1.29 is 28.8 Å². The van der Waals surface area contributed by atoms with Crippen LogP contribution in [-0.2, 0) is 0 Å². The second-order valence-electron chi connectivity index (χ2n) is 26.0. The zero-order chi connectivity index (χ0) is 71.5. The van der Waals surface area contributed by atoms with E-state index in [0.29, 0.717) is 66.6 Å². The molecule has 12 heteroatoms. The molecule has 0 fully saturated rings. The number of para-hydroxylation sites is 5. The Balaban J connectivity index is 0.000000113. The van der Waals surface area contributed by atoms with Gasteiger partial charge >= 0.3 is 0 Å². The van der Waals surface area contributed by atoms with Crippen LogP contribution >= 0.6 is 0 Å². The highest BCUT2D eigenvalue weighted by atomic mass is 16.2. The standard InChI is InChI=1S/C36H22N2O2.2C29H18N2O2/c39-35-29-16-9-15-28-26(19-20-30(34(28)29)36(40)38(35)25-12-5-2-6-13-25)23-18-21-33-31(22-23)27-14-7-8-17-32(27)37(33)24-10-3-1-4-11-24;32-28-25-10-4-9-24-23(20-13-11-19(12-14-20)21-6-5-17-30-18-21)15-16-26(27(24)25)29(33)31(28)22-7-2-1-3-8-22;32-28-24-10-6-9-23-22(19-12-14-20(15-13-19)26-11-4-5-18-30-26)16-17-25(27(23)24)29(33)31(28)21-7-2-1-3-8-21/h1-22H;2*1-18H. The Morgan fingerprint density at radius 1 is 0.217 bits per heavy atom. The summed E-state index contributed by atoms with van der Waals surface area (Å²) in [6.07, 6.45) is 5.38. The third-order valence-corrected chi connectivity index (χ3v) is 20.1. The molecule has 3 aromatic heterocycles. The minimum Gasteiger partial charge on any atom is -0.309 e. The lowest BCUT2D eigenvalue weighted by molar-refractivity contribution is 0.0877. The molecule has 500 valence electrons. The molecule has 0 saturated heterocycles. The third kappa shape index (κ3) is 10.8. The summed E-state index contributed by atoms with van der Waals surface area (Å²) in [5, 5.41) is 7.16. The van der Waals surface area contributed by atoms with Gasteiger partial charge in [-0.05, 0) is 182 Å². The van der Waals surface area contributed by atoms with Crippen LogP contribution in [0.1, 0.15) is 62.1 Å². The van der Waals surface area contributed by atoms with Crippen molar-refractivity contribution in [3.63, 3.8) is 0 Å². The van der Waals surface area contributed by atoms with Crippen LogP contribution in [0.5, 0.6) is 0 Å². The van der Waals surface area contributed by atoms with Gasteiger partial charge in [0.15, 0.2) is 0 Å². The summed E-state index contributed by atoms with van der Waals surface area (Å²) in [6, 6.07) is 107. The van der Waals surface area contributed by atoms with Crippen molar-refractivity contribution in [3.8, 4) is 61.5 Å². The first-order valence-corrected chi connectivity index (χ1v) is 34.8. The number of amides is 6. The van der Waals surface area contributed by atoms with Crippen LogP contribution in [0.15, 0.2) is 352 Å². The van der Waals surface area contributed by atoms with Crippen molar-refractivity contribution in [1.82, 2.24) is 14.5 Å². The van der Waals surface area contributed by atoms with Gasteiger partial charge in [0.05, 0.1) is 33.8 Å². The van der Waals surface area contributed by atoms with Crippen molar-refractivity contribution in [1.29, 1.82) is 0 Å². The van der Waals surface area contributed by atoms with Crippen LogP contribution in [0.2, 0.25) is 0 Å². The number of pyridine rings is 2. The number of fused-ring (bicyclic) bond motifs is 3. The Labute approximate surface area is 608 Å². The van der Waals surface area contributed by atoms with Crippen LogP contribution in [0, 0.1) is 0 Å². The maximum Gasteiger partial charge on any atom is 0.265 e. The van der Waals surface area contributed by atoms with Gasteiger partial charge in [-0.1, -0.05) is 212 Å². The van der Waals surface area contributed by atoms with Crippen LogP contribution in [0.3, 0.4) is 0 Å². The van der Waals surface area contributed by atoms with Gasteiger partial charge in [-0.2, -0.15) is 0 Å². The summed E-state index contributed by atoms with van der Waals surface area (Å²) in [4.78, 5) is 93.1. The lowest BCUT2D eigenvalue weighted by Gasteiger charge is -2.27. The molecule has 106 heavy (non-hydrogen) atoms. The Morgan fingerprint density at radius 2 is 0.575 bits per heavy atom.